The van der Waals surface area contributed by atoms with Gasteiger partial charge < -0.3 is 4.74 Å². The smallest absolute Gasteiger partial charge is 0.216 e. The summed E-state index contributed by atoms with van der Waals surface area (Å²) in [5.41, 5.74) is 0.987. The van der Waals surface area contributed by atoms with Crippen molar-refractivity contribution in [1.82, 2.24) is 14.9 Å². The molecule has 0 unspecified atom stereocenters. The number of hydrogen-bond donors (Lipinski definition) is 1. The van der Waals surface area contributed by atoms with Gasteiger partial charge in [-0.1, -0.05) is 48.5 Å². The highest BCUT2D eigenvalue weighted by molar-refractivity contribution is 7.71. The number of aromatic amines is 1. The van der Waals surface area contributed by atoms with E-state index in [0.717, 1.165) is 11.3 Å². The average Bonchev–Trinajstić information content (AvgIpc) is 2.93. The van der Waals surface area contributed by atoms with Gasteiger partial charge in [0.2, 0.25) is 4.77 Å². The average molecular weight is 310 g/mol. The number of H-pyrrole nitrogens is 1. The lowest BCUT2D eigenvalue weighted by atomic mass is 10.2. The summed E-state index contributed by atoms with van der Waals surface area (Å²) in [6.07, 6.45) is 1.73. The van der Waals surface area contributed by atoms with Crippen molar-refractivity contribution < 1.29 is 4.74 Å². The van der Waals surface area contributed by atoms with Crippen molar-refractivity contribution in [1.29, 1.82) is 0 Å². The number of aromatic nitrogens is 3. The Balaban J connectivity index is 1.76. The van der Waals surface area contributed by atoms with Crippen LogP contribution in [0.1, 0.15) is 11.4 Å². The fourth-order valence-electron chi connectivity index (χ4n) is 1.86. The topological polar surface area (TPSA) is 55.2 Å². The lowest BCUT2D eigenvalue weighted by molar-refractivity contribution is 0.290. The maximum atomic E-state index is 5.67. The van der Waals surface area contributed by atoms with Crippen molar-refractivity contribution in [2.75, 3.05) is 0 Å². The number of nitrogens with one attached hydrogen (secondary N) is 1. The third kappa shape index (κ3) is 3.48. The van der Waals surface area contributed by atoms with Crippen molar-refractivity contribution in [3.8, 4) is 5.75 Å². The molecule has 0 aliphatic heterocycles. The Morgan fingerprint density at radius 3 is 2.50 bits per heavy atom. The summed E-state index contributed by atoms with van der Waals surface area (Å²) >= 11 is 5.19. The molecule has 0 bridgehead atoms. The van der Waals surface area contributed by atoms with Gasteiger partial charge in [-0.25, -0.2) is 5.10 Å². The van der Waals surface area contributed by atoms with Gasteiger partial charge >= 0.3 is 0 Å². The van der Waals surface area contributed by atoms with E-state index in [1.54, 1.807) is 10.9 Å². The summed E-state index contributed by atoms with van der Waals surface area (Å²) in [6, 6.07) is 19.3. The molecule has 0 spiro atoms. The highest BCUT2D eigenvalue weighted by atomic mass is 32.1. The van der Waals surface area contributed by atoms with Crippen molar-refractivity contribution in [3.05, 3.63) is 76.8 Å². The Morgan fingerprint density at radius 2 is 1.77 bits per heavy atom. The second-order valence-corrected chi connectivity index (χ2v) is 4.90. The SMILES string of the molecule is S=c1[nH]nc(COc2ccccc2)n1/N=C/c1ccccc1. The summed E-state index contributed by atoms with van der Waals surface area (Å²) < 4.78 is 7.66. The molecule has 22 heavy (non-hydrogen) atoms. The van der Waals surface area contributed by atoms with Gasteiger partial charge in [0.15, 0.2) is 5.82 Å². The monoisotopic (exact) mass is 310 g/mol. The van der Waals surface area contributed by atoms with E-state index in [1.165, 1.54) is 0 Å². The minimum absolute atomic E-state index is 0.281. The van der Waals surface area contributed by atoms with E-state index in [2.05, 4.69) is 15.3 Å². The molecule has 0 aliphatic carbocycles. The quantitative estimate of drug-likeness (QED) is 0.580. The number of hydrogen-bond acceptors (Lipinski definition) is 4. The van der Waals surface area contributed by atoms with Crippen LogP contribution in [0.15, 0.2) is 65.8 Å². The molecule has 1 aromatic heterocycles. The molecule has 0 aliphatic rings. The lowest BCUT2D eigenvalue weighted by Crippen LogP contribution is -2.04. The first-order valence-corrected chi connectivity index (χ1v) is 7.17. The van der Waals surface area contributed by atoms with Crippen LogP contribution in [0.4, 0.5) is 0 Å². The van der Waals surface area contributed by atoms with Crippen LogP contribution in [0, 0.1) is 4.77 Å². The Hall–Kier alpha value is -2.73. The number of para-hydroxylation sites is 1. The molecular weight excluding hydrogens is 296 g/mol. The van der Waals surface area contributed by atoms with Crippen LogP contribution in [0.2, 0.25) is 0 Å². The Bertz CT molecular complexity index is 809. The minimum Gasteiger partial charge on any atom is -0.486 e. The molecular formula is C16H14N4OS. The van der Waals surface area contributed by atoms with Gasteiger partial charge in [0.1, 0.15) is 12.4 Å². The summed E-state index contributed by atoms with van der Waals surface area (Å²) in [5, 5.41) is 11.2. The molecule has 0 amide bonds. The number of benzene rings is 2. The maximum Gasteiger partial charge on any atom is 0.216 e. The van der Waals surface area contributed by atoms with Crippen LogP contribution in [0.25, 0.3) is 0 Å². The van der Waals surface area contributed by atoms with Crippen LogP contribution in [-0.4, -0.2) is 21.1 Å². The largest absolute Gasteiger partial charge is 0.486 e. The van der Waals surface area contributed by atoms with Gasteiger partial charge in [0.25, 0.3) is 0 Å². The first-order chi connectivity index (χ1) is 10.8. The first kappa shape index (κ1) is 14.2. The third-order valence-electron chi connectivity index (χ3n) is 2.95. The Kier molecular flexibility index (Phi) is 4.41. The normalized spacial score (nSPS) is 10.9. The molecule has 6 heteroatoms. The zero-order chi connectivity index (χ0) is 15.2. The fourth-order valence-corrected chi connectivity index (χ4v) is 2.06. The number of rotatable bonds is 5. The Labute approximate surface area is 132 Å². The highest BCUT2D eigenvalue weighted by Gasteiger charge is 2.05. The molecule has 0 atom stereocenters. The van der Waals surface area contributed by atoms with Crippen molar-refractivity contribution in [2.24, 2.45) is 5.10 Å². The number of ether oxygens (including phenoxy) is 1. The van der Waals surface area contributed by atoms with E-state index < -0.39 is 0 Å². The molecule has 3 rings (SSSR count). The minimum atomic E-state index is 0.281. The summed E-state index contributed by atoms with van der Waals surface area (Å²) in [7, 11) is 0. The van der Waals surface area contributed by atoms with E-state index in [1.807, 2.05) is 60.7 Å². The summed E-state index contributed by atoms with van der Waals surface area (Å²) in [4.78, 5) is 0. The van der Waals surface area contributed by atoms with Crippen molar-refractivity contribution in [2.45, 2.75) is 6.61 Å². The van der Waals surface area contributed by atoms with Gasteiger partial charge in [-0.15, -0.1) is 0 Å². The zero-order valence-electron chi connectivity index (χ0n) is 11.7. The Morgan fingerprint density at radius 1 is 1.09 bits per heavy atom. The van der Waals surface area contributed by atoms with E-state index in [-0.39, 0.29) is 6.61 Å². The molecule has 3 aromatic rings. The molecule has 1 heterocycles. The van der Waals surface area contributed by atoms with E-state index in [9.17, 15) is 0 Å². The maximum absolute atomic E-state index is 5.67. The van der Waals surface area contributed by atoms with Crippen LogP contribution in [-0.2, 0) is 6.61 Å². The van der Waals surface area contributed by atoms with Crippen LogP contribution >= 0.6 is 12.2 Å². The molecule has 2 aromatic carbocycles. The second-order valence-electron chi connectivity index (χ2n) is 4.51. The van der Waals surface area contributed by atoms with Crippen molar-refractivity contribution in [3.63, 3.8) is 0 Å². The fraction of sp³-hybridized carbons (Fsp3) is 0.0625. The molecule has 0 saturated heterocycles. The van der Waals surface area contributed by atoms with Gasteiger partial charge in [-0.2, -0.15) is 14.9 Å². The second kappa shape index (κ2) is 6.82. The van der Waals surface area contributed by atoms with Crippen LogP contribution in [0.5, 0.6) is 5.75 Å². The molecule has 0 fully saturated rings. The van der Waals surface area contributed by atoms with Gasteiger partial charge in [-0.3, -0.25) is 0 Å². The lowest BCUT2D eigenvalue weighted by Gasteiger charge is -2.04. The molecule has 5 nitrogen and oxygen atoms in total. The predicted octanol–water partition coefficient (Wildman–Crippen LogP) is 3.40. The summed E-state index contributed by atoms with van der Waals surface area (Å²) in [5.74, 6) is 1.39. The van der Waals surface area contributed by atoms with E-state index in [0.29, 0.717) is 10.6 Å². The molecule has 0 saturated carbocycles. The first-order valence-electron chi connectivity index (χ1n) is 6.76. The van der Waals surface area contributed by atoms with Gasteiger partial charge in [0.05, 0.1) is 6.21 Å². The third-order valence-corrected chi connectivity index (χ3v) is 3.21. The van der Waals surface area contributed by atoms with Crippen LogP contribution < -0.4 is 4.74 Å². The standard InChI is InChI=1S/C16H14N4OS/c22-16-19-18-15(12-21-14-9-5-2-6-10-14)20(16)17-11-13-7-3-1-4-8-13/h1-11H,12H2,(H,19,22)/b17-11+. The molecule has 1 N–H and O–H groups in total. The van der Waals surface area contributed by atoms with E-state index in [4.69, 9.17) is 17.0 Å². The predicted molar refractivity (Wildman–Crippen MR) is 87.6 cm³/mol. The molecule has 110 valence electrons. The van der Waals surface area contributed by atoms with E-state index >= 15 is 0 Å². The number of nitrogens with zero attached hydrogens (tertiary/aromatic N) is 3. The van der Waals surface area contributed by atoms with Crippen LogP contribution in [0.3, 0.4) is 0 Å². The van der Waals surface area contributed by atoms with Gasteiger partial charge in [-0.05, 0) is 29.9 Å². The molecule has 0 radical (unpaired) electrons. The zero-order valence-corrected chi connectivity index (χ0v) is 12.5. The highest BCUT2D eigenvalue weighted by Crippen LogP contribution is 2.11. The van der Waals surface area contributed by atoms with Crippen molar-refractivity contribution >= 4 is 18.4 Å². The van der Waals surface area contributed by atoms with Gasteiger partial charge in [0, 0.05) is 0 Å². The summed E-state index contributed by atoms with van der Waals surface area (Å²) in [6.45, 7) is 0.281.